The zero-order valence-corrected chi connectivity index (χ0v) is 12.5. The van der Waals surface area contributed by atoms with Crippen LogP contribution in [-0.2, 0) is 4.79 Å². The van der Waals surface area contributed by atoms with Gasteiger partial charge in [0.05, 0.1) is 17.7 Å². The van der Waals surface area contributed by atoms with Crippen molar-refractivity contribution in [3.05, 3.63) is 69.8 Å². The Labute approximate surface area is 133 Å². The minimum Gasteiger partial charge on any atom is -0.376 e. The zero-order valence-electron chi connectivity index (χ0n) is 12.5. The van der Waals surface area contributed by atoms with Crippen LogP contribution < -0.4 is 10.7 Å². The predicted octanol–water partition coefficient (Wildman–Crippen LogP) is 2.47. The first-order valence-electron chi connectivity index (χ1n) is 6.92. The van der Waals surface area contributed by atoms with Crippen LogP contribution in [0.25, 0.3) is 0 Å². The van der Waals surface area contributed by atoms with Crippen LogP contribution in [0.15, 0.2) is 53.6 Å². The van der Waals surface area contributed by atoms with Gasteiger partial charge in [-0.15, -0.1) is 0 Å². The van der Waals surface area contributed by atoms with Crippen LogP contribution >= 0.6 is 0 Å². The molecule has 118 valence electrons. The summed E-state index contributed by atoms with van der Waals surface area (Å²) in [4.78, 5) is 21.9. The molecule has 1 amide bonds. The molecule has 2 aromatic rings. The van der Waals surface area contributed by atoms with Gasteiger partial charge in [0.25, 0.3) is 11.6 Å². The lowest BCUT2D eigenvalue weighted by atomic mass is 10.2. The van der Waals surface area contributed by atoms with Gasteiger partial charge in [-0.1, -0.05) is 30.3 Å². The Bertz CT molecular complexity index is 744. The predicted molar refractivity (Wildman–Crippen MR) is 88.5 cm³/mol. The van der Waals surface area contributed by atoms with Crippen LogP contribution in [0.2, 0.25) is 0 Å². The first kappa shape index (κ1) is 16.2. The van der Waals surface area contributed by atoms with Gasteiger partial charge < -0.3 is 5.32 Å². The van der Waals surface area contributed by atoms with E-state index in [1.54, 1.807) is 12.1 Å². The van der Waals surface area contributed by atoms with Crippen LogP contribution in [-0.4, -0.2) is 23.6 Å². The van der Waals surface area contributed by atoms with Crippen molar-refractivity contribution < 1.29 is 9.72 Å². The smallest absolute Gasteiger partial charge is 0.270 e. The topological polar surface area (TPSA) is 96.6 Å². The van der Waals surface area contributed by atoms with Gasteiger partial charge in [-0.25, -0.2) is 5.43 Å². The van der Waals surface area contributed by atoms with E-state index >= 15 is 0 Å². The highest BCUT2D eigenvalue weighted by atomic mass is 16.6. The Morgan fingerprint density at radius 1 is 1.26 bits per heavy atom. The van der Waals surface area contributed by atoms with Crippen molar-refractivity contribution in [3.8, 4) is 0 Å². The van der Waals surface area contributed by atoms with Crippen LogP contribution in [0.3, 0.4) is 0 Å². The standard InChI is InChI=1S/C16H16N4O3/c1-12-5-2-3-8-15(12)17-11-16(21)19-18-10-13-6-4-7-14(9-13)20(22)23/h2-10,17H,11H2,1H3,(H,19,21)/b18-10+. The summed E-state index contributed by atoms with van der Waals surface area (Å²) in [5.41, 5.74) is 4.80. The SMILES string of the molecule is Cc1ccccc1NCC(=O)N/N=C/c1cccc([N+](=O)[O-])c1. The lowest BCUT2D eigenvalue weighted by Gasteiger charge is -2.07. The van der Waals surface area contributed by atoms with Crippen molar-refractivity contribution >= 4 is 23.5 Å². The molecule has 0 aliphatic rings. The van der Waals surface area contributed by atoms with Gasteiger partial charge in [0.15, 0.2) is 0 Å². The Morgan fingerprint density at radius 2 is 2.04 bits per heavy atom. The first-order valence-corrected chi connectivity index (χ1v) is 6.92. The van der Waals surface area contributed by atoms with Gasteiger partial charge in [0.2, 0.25) is 0 Å². The fourth-order valence-corrected chi connectivity index (χ4v) is 1.88. The second-order valence-electron chi connectivity index (χ2n) is 4.81. The van der Waals surface area contributed by atoms with E-state index in [2.05, 4.69) is 15.8 Å². The highest BCUT2D eigenvalue weighted by Gasteiger charge is 2.04. The lowest BCUT2D eigenvalue weighted by molar-refractivity contribution is -0.384. The third-order valence-corrected chi connectivity index (χ3v) is 3.07. The number of carbonyl (C=O) groups excluding carboxylic acids is 1. The molecule has 0 fully saturated rings. The van der Waals surface area contributed by atoms with Gasteiger partial charge in [0.1, 0.15) is 0 Å². The second kappa shape index (κ2) is 7.69. The van der Waals surface area contributed by atoms with E-state index in [-0.39, 0.29) is 18.1 Å². The van der Waals surface area contributed by atoms with Gasteiger partial charge in [0, 0.05) is 23.4 Å². The molecular weight excluding hydrogens is 296 g/mol. The molecule has 0 aromatic heterocycles. The van der Waals surface area contributed by atoms with Gasteiger partial charge in [-0.3, -0.25) is 14.9 Å². The number of rotatable bonds is 6. The number of nitro groups is 1. The number of hydrazone groups is 1. The Morgan fingerprint density at radius 3 is 2.78 bits per heavy atom. The summed E-state index contributed by atoms with van der Waals surface area (Å²) in [6.07, 6.45) is 1.36. The summed E-state index contributed by atoms with van der Waals surface area (Å²) in [7, 11) is 0. The van der Waals surface area contributed by atoms with E-state index in [1.807, 2.05) is 31.2 Å². The molecule has 0 radical (unpaired) electrons. The summed E-state index contributed by atoms with van der Waals surface area (Å²) in [5.74, 6) is -0.310. The summed E-state index contributed by atoms with van der Waals surface area (Å²) < 4.78 is 0. The number of aryl methyl sites for hydroxylation is 1. The first-order chi connectivity index (χ1) is 11.1. The van der Waals surface area contributed by atoms with Crippen LogP contribution in [0.5, 0.6) is 0 Å². The molecule has 0 aliphatic carbocycles. The molecule has 0 bridgehead atoms. The molecule has 7 nitrogen and oxygen atoms in total. The molecule has 0 unspecified atom stereocenters. The average molecular weight is 312 g/mol. The molecule has 0 saturated heterocycles. The third-order valence-electron chi connectivity index (χ3n) is 3.07. The number of anilines is 1. The molecule has 2 rings (SSSR count). The Kier molecular flexibility index (Phi) is 5.40. The Balaban J connectivity index is 1.85. The number of benzene rings is 2. The largest absolute Gasteiger partial charge is 0.376 e. The van der Waals surface area contributed by atoms with Crippen molar-refractivity contribution in [2.75, 3.05) is 11.9 Å². The number of para-hydroxylation sites is 1. The molecule has 0 spiro atoms. The quantitative estimate of drug-likeness (QED) is 0.486. The molecule has 0 aliphatic heterocycles. The van der Waals surface area contributed by atoms with E-state index in [9.17, 15) is 14.9 Å². The maximum atomic E-state index is 11.7. The minimum atomic E-state index is -0.484. The van der Waals surface area contributed by atoms with E-state index in [0.29, 0.717) is 5.56 Å². The fraction of sp³-hybridized carbons (Fsp3) is 0.125. The van der Waals surface area contributed by atoms with E-state index < -0.39 is 4.92 Å². The lowest BCUT2D eigenvalue weighted by Crippen LogP contribution is -2.26. The summed E-state index contributed by atoms with van der Waals surface area (Å²) >= 11 is 0. The van der Waals surface area contributed by atoms with E-state index in [0.717, 1.165) is 11.3 Å². The summed E-state index contributed by atoms with van der Waals surface area (Å²) in [6, 6.07) is 13.6. The monoisotopic (exact) mass is 312 g/mol. The Hall–Kier alpha value is -3.22. The molecule has 2 N–H and O–H groups in total. The van der Waals surface area contributed by atoms with E-state index in [1.165, 1.54) is 18.3 Å². The third kappa shape index (κ3) is 4.92. The van der Waals surface area contributed by atoms with Gasteiger partial charge in [-0.2, -0.15) is 5.10 Å². The highest BCUT2D eigenvalue weighted by Crippen LogP contribution is 2.12. The second-order valence-corrected chi connectivity index (χ2v) is 4.81. The van der Waals surface area contributed by atoms with E-state index in [4.69, 9.17) is 0 Å². The van der Waals surface area contributed by atoms with Crippen molar-refractivity contribution in [2.24, 2.45) is 5.10 Å². The number of hydrogen-bond acceptors (Lipinski definition) is 5. The molecule has 2 aromatic carbocycles. The molecule has 0 saturated carbocycles. The summed E-state index contributed by atoms with van der Waals surface area (Å²) in [6.45, 7) is 2.03. The molecule has 23 heavy (non-hydrogen) atoms. The normalized spacial score (nSPS) is 10.5. The maximum Gasteiger partial charge on any atom is 0.270 e. The number of carbonyl (C=O) groups is 1. The summed E-state index contributed by atoms with van der Waals surface area (Å²) in [5, 5.41) is 17.5. The van der Waals surface area contributed by atoms with Crippen molar-refractivity contribution in [2.45, 2.75) is 6.92 Å². The molecular formula is C16H16N4O3. The molecule has 7 heteroatoms. The number of nitro benzene ring substituents is 1. The minimum absolute atomic E-state index is 0.0264. The van der Waals surface area contributed by atoms with Crippen LogP contribution in [0.4, 0.5) is 11.4 Å². The average Bonchev–Trinajstić information content (AvgIpc) is 2.54. The van der Waals surface area contributed by atoms with Gasteiger partial charge >= 0.3 is 0 Å². The van der Waals surface area contributed by atoms with Crippen molar-refractivity contribution in [1.82, 2.24) is 5.43 Å². The number of non-ortho nitro benzene ring substituents is 1. The zero-order chi connectivity index (χ0) is 16.7. The molecule has 0 heterocycles. The van der Waals surface area contributed by atoms with Crippen molar-refractivity contribution in [1.29, 1.82) is 0 Å². The highest BCUT2D eigenvalue weighted by molar-refractivity contribution is 5.84. The van der Waals surface area contributed by atoms with Crippen molar-refractivity contribution in [3.63, 3.8) is 0 Å². The maximum absolute atomic E-state index is 11.7. The number of hydrogen-bond donors (Lipinski definition) is 2. The van der Waals surface area contributed by atoms with Crippen LogP contribution in [0, 0.1) is 17.0 Å². The number of amides is 1. The van der Waals surface area contributed by atoms with Crippen LogP contribution in [0.1, 0.15) is 11.1 Å². The molecule has 0 atom stereocenters. The van der Waals surface area contributed by atoms with Gasteiger partial charge in [-0.05, 0) is 18.6 Å². The number of nitrogens with one attached hydrogen (secondary N) is 2. The number of nitrogens with zero attached hydrogens (tertiary/aromatic N) is 2. The fourth-order valence-electron chi connectivity index (χ4n) is 1.88.